The van der Waals surface area contributed by atoms with Gasteiger partial charge in [0.2, 0.25) is 5.91 Å². The van der Waals surface area contributed by atoms with Gasteiger partial charge in [0.1, 0.15) is 6.54 Å². The molecule has 0 spiro atoms. The predicted molar refractivity (Wildman–Crippen MR) is 107 cm³/mol. The van der Waals surface area contributed by atoms with Crippen LogP contribution in [0, 0.1) is 6.92 Å². The van der Waals surface area contributed by atoms with Gasteiger partial charge >= 0.3 is 5.69 Å². The van der Waals surface area contributed by atoms with Crippen LogP contribution in [0.2, 0.25) is 0 Å². The van der Waals surface area contributed by atoms with E-state index in [4.69, 9.17) is 0 Å². The summed E-state index contributed by atoms with van der Waals surface area (Å²) in [7, 11) is 0. The van der Waals surface area contributed by atoms with Crippen LogP contribution in [0.3, 0.4) is 0 Å². The molecule has 140 valence electrons. The van der Waals surface area contributed by atoms with Crippen molar-refractivity contribution in [2.75, 3.05) is 5.32 Å². The van der Waals surface area contributed by atoms with Crippen LogP contribution in [-0.2, 0) is 11.3 Å². The first-order chi connectivity index (χ1) is 12.9. The van der Waals surface area contributed by atoms with Crippen molar-refractivity contribution in [3.8, 4) is 0 Å². The number of para-hydroxylation sites is 1. The molecule has 0 aliphatic rings. The van der Waals surface area contributed by atoms with Crippen LogP contribution in [0.15, 0.2) is 58.1 Å². The lowest BCUT2D eigenvalue weighted by atomic mass is 10.2. The molecule has 1 aromatic heterocycles. The smallest absolute Gasteiger partial charge is 0.325 e. The van der Waals surface area contributed by atoms with Gasteiger partial charge in [0, 0.05) is 11.7 Å². The van der Waals surface area contributed by atoms with Crippen molar-refractivity contribution < 1.29 is 4.79 Å². The molecule has 3 rings (SSSR count). The van der Waals surface area contributed by atoms with Gasteiger partial charge in [-0.25, -0.2) is 4.79 Å². The minimum Gasteiger partial charge on any atom is -0.325 e. The number of carbonyl (C=O) groups excluding carboxylic acids is 1. The van der Waals surface area contributed by atoms with E-state index in [1.807, 2.05) is 39.0 Å². The summed E-state index contributed by atoms with van der Waals surface area (Å²) in [6.07, 6.45) is 0.642. The summed E-state index contributed by atoms with van der Waals surface area (Å²) in [6.45, 7) is 5.52. The van der Waals surface area contributed by atoms with Gasteiger partial charge in [-0.15, -0.1) is 0 Å². The van der Waals surface area contributed by atoms with E-state index >= 15 is 0 Å². The number of fused-ring (bicyclic) bond motifs is 1. The molecule has 0 aliphatic heterocycles. The van der Waals surface area contributed by atoms with Crippen LogP contribution in [0.5, 0.6) is 0 Å². The molecule has 3 aromatic rings. The van der Waals surface area contributed by atoms with E-state index in [-0.39, 0.29) is 24.1 Å². The van der Waals surface area contributed by atoms with Crippen molar-refractivity contribution in [3.05, 3.63) is 74.9 Å². The van der Waals surface area contributed by atoms with E-state index in [9.17, 15) is 14.4 Å². The van der Waals surface area contributed by atoms with Gasteiger partial charge < -0.3 is 5.32 Å². The fraction of sp³-hybridized carbons (Fsp3) is 0.286. The van der Waals surface area contributed by atoms with E-state index < -0.39 is 5.69 Å². The van der Waals surface area contributed by atoms with Crippen LogP contribution in [0.4, 0.5) is 5.69 Å². The number of hydrogen-bond acceptors (Lipinski definition) is 3. The lowest BCUT2D eigenvalue weighted by Gasteiger charge is -2.17. The van der Waals surface area contributed by atoms with Crippen LogP contribution >= 0.6 is 0 Å². The Labute approximate surface area is 157 Å². The van der Waals surface area contributed by atoms with Gasteiger partial charge in [-0.3, -0.25) is 18.7 Å². The van der Waals surface area contributed by atoms with E-state index in [0.717, 1.165) is 5.56 Å². The molecule has 0 aliphatic carbocycles. The zero-order valence-electron chi connectivity index (χ0n) is 15.7. The zero-order chi connectivity index (χ0) is 19.6. The third-order valence-corrected chi connectivity index (χ3v) is 4.72. The maximum atomic E-state index is 13.0. The second-order valence-electron chi connectivity index (χ2n) is 6.74. The molecule has 1 heterocycles. The summed E-state index contributed by atoms with van der Waals surface area (Å²) in [4.78, 5) is 38.3. The summed E-state index contributed by atoms with van der Waals surface area (Å²) in [5.41, 5.74) is 1.38. The predicted octanol–water partition coefficient (Wildman–Crippen LogP) is 3.08. The second-order valence-corrected chi connectivity index (χ2v) is 6.74. The van der Waals surface area contributed by atoms with Gasteiger partial charge in [-0.05, 0) is 50.1 Å². The Balaban J connectivity index is 2.06. The number of aromatic nitrogens is 2. The largest absolute Gasteiger partial charge is 0.332 e. The highest BCUT2D eigenvalue weighted by Gasteiger charge is 2.18. The Bertz CT molecular complexity index is 1110. The molecule has 0 fully saturated rings. The van der Waals surface area contributed by atoms with Crippen LogP contribution in [0.1, 0.15) is 31.9 Å². The van der Waals surface area contributed by atoms with Crippen molar-refractivity contribution in [3.63, 3.8) is 0 Å². The lowest BCUT2D eigenvalue weighted by Crippen LogP contribution is -2.43. The molecular formula is C21H23N3O3. The summed E-state index contributed by atoms with van der Waals surface area (Å²) >= 11 is 0. The highest BCUT2D eigenvalue weighted by molar-refractivity contribution is 5.91. The minimum absolute atomic E-state index is 0.163. The highest BCUT2D eigenvalue weighted by Crippen LogP contribution is 2.12. The highest BCUT2D eigenvalue weighted by atomic mass is 16.2. The SMILES string of the molecule is CCC(C)n1c(=O)c2ccccc2n(CC(=O)Nc2cccc(C)c2)c1=O. The van der Waals surface area contributed by atoms with Crippen LogP contribution < -0.4 is 16.6 Å². The number of nitrogens with one attached hydrogen (secondary N) is 1. The first-order valence-electron chi connectivity index (χ1n) is 9.03. The molecule has 0 saturated heterocycles. The first-order valence-corrected chi connectivity index (χ1v) is 9.03. The summed E-state index contributed by atoms with van der Waals surface area (Å²) < 4.78 is 2.61. The van der Waals surface area contributed by atoms with Gasteiger partial charge in [0.05, 0.1) is 10.9 Å². The molecule has 1 unspecified atom stereocenters. The minimum atomic E-state index is -0.465. The van der Waals surface area contributed by atoms with Gasteiger partial charge in [0.15, 0.2) is 0 Å². The Kier molecular flexibility index (Phi) is 5.26. The zero-order valence-corrected chi connectivity index (χ0v) is 15.7. The molecule has 0 bridgehead atoms. The molecule has 1 atom stereocenters. The number of hydrogen-bond donors (Lipinski definition) is 1. The molecule has 1 N–H and O–H groups in total. The number of aryl methyl sites for hydroxylation is 1. The second kappa shape index (κ2) is 7.61. The lowest BCUT2D eigenvalue weighted by molar-refractivity contribution is -0.116. The molecule has 0 radical (unpaired) electrons. The van der Waals surface area contributed by atoms with E-state index in [2.05, 4.69) is 5.32 Å². The summed E-state index contributed by atoms with van der Waals surface area (Å²) in [5, 5.41) is 3.25. The summed E-state index contributed by atoms with van der Waals surface area (Å²) in [6, 6.07) is 14.1. The topological polar surface area (TPSA) is 73.1 Å². The van der Waals surface area contributed by atoms with Crippen molar-refractivity contribution in [2.24, 2.45) is 0 Å². The number of amides is 1. The Morgan fingerprint density at radius 1 is 1.11 bits per heavy atom. The van der Waals surface area contributed by atoms with E-state index in [1.54, 1.807) is 30.3 Å². The fourth-order valence-corrected chi connectivity index (χ4v) is 3.13. The molecule has 2 aromatic carbocycles. The number of carbonyl (C=O) groups is 1. The van der Waals surface area contributed by atoms with Gasteiger partial charge in [0.25, 0.3) is 5.56 Å². The van der Waals surface area contributed by atoms with Crippen molar-refractivity contribution in [2.45, 2.75) is 39.8 Å². The quantitative estimate of drug-likeness (QED) is 0.755. The maximum Gasteiger partial charge on any atom is 0.332 e. The van der Waals surface area contributed by atoms with Gasteiger partial charge in [-0.2, -0.15) is 0 Å². The van der Waals surface area contributed by atoms with Crippen molar-refractivity contribution in [1.82, 2.24) is 9.13 Å². The molecule has 1 amide bonds. The molecular weight excluding hydrogens is 342 g/mol. The maximum absolute atomic E-state index is 13.0. The van der Waals surface area contributed by atoms with Crippen LogP contribution in [0.25, 0.3) is 10.9 Å². The number of benzene rings is 2. The van der Waals surface area contributed by atoms with E-state index in [0.29, 0.717) is 23.0 Å². The standard InChI is InChI=1S/C21H23N3O3/c1-4-15(3)24-20(26)17-10-5-6-11-18(17)23(21(24)27)13-19(25)22-16-9-7-8-14(2)12-16/h5-12,15H,4,13H2,1-3H3,(H,22,25). The van der Waals surface area contributed by atoms with Gasteiger partial charge in [-0.1, -0.05) is 31.2 Å². The molecule has 6 nitrogen and oxygen atoms in total. The van der Waals surface area contributed by atoms with Crippen LogP contribution in [-0.4, -0.2) is 15.0 Å². The Hall–Kier alpha value is -3.15. The van der Waals surface area contributed by atoms with Crippen molar-refractivity contribution in [1.29, 1.82) is 0 Å². The molecule has 0 saturated carbocycles. The monoisotopic (exact) mass is 365 g/mol. The number of anilines is 1. The molecule has 27 heavy (non-hydrogen) atoms. The third kappa shape index (κ3) is 3.69. The average molecular weight is 365 g/mol. The van der Waals surface area contributed by atoms with Crippen molar-refractivity contribution >= 4 is 22.5 Å². The number of nitrogens with zero attached hydrogens (tertiary/aromatic N) is 2. The third-order valence-electron chi connectivity index (χ3n) is 4.72. The molecule has 6 heteroatoms. The first kappa shape index (κ1) is 18.6. The van der Waals surface area contributed by atoms with E-state index in [1.165, 1.54) is 9.13 Å². The number of rotatable bonds is 5. The Morgan fingerprint density at radius 3 is 2.56 bits per heavy atom. The fourth-order valence-electron chi connectivity index (χ4n) is 3.13. The normalized spacial score (nSPS) is 12.1. The average Bonchev–Trinajstić information content (AvgIpc) is 2.65. The Morgan fingerprint density at radius 2 is 1.85 bits per heavy atom. The summed E-state index contributed by atoms with van der Waals surface area (Å²) in [5.74, 6) is -0.317.